The van der Waals surface area contributed by atoms with Crippen molar-refractivity contribution in [2.24, 2.45) is 0 Å². The minimum absolute atomic E-state index is 0.00271. The van der Waals surface area contributed by atoms with E-state index in [1.165, 1.54) is 0 Å². The number of nitrogens with zero attached hydrogens (tertiary/aromatic N) is 1. The first-order valence-corrected chi connectivity index (χ1v) is 4.98. The third kappa shape index (κ3) is 2.08. The Morgan fingerprint density at radius 1 is 1.44 bits per heavy atom. The van der Waals surface area contributed by atoms with Crippen molar-refractivity contribution in [1.82, 2.24) is 5.32 Å². The standard InChI is InChI=1S/C11H12N2O3/c12-6-9(13-3-4-14)8-1-2-10-11(5-8)16-7-15-10/h1-2,5,9,13-14H,3-4,7H2. The third-order valence-electron chi connectivity index (χ3n) is 2.32. The molecule has 0 saturated heterocycles. The predicted octanol–water partition coefficient (Wildman–Crippen LogP) is 0.562. The van der Waals surface area contributed by atoms with Gasteiger partial charge in [-0.2, -0.15) is 5.26 Å². The van der Waals surface area contributed by atoms with Crippen LogP contribution >= 0.6 is 0 Å². The molecule has 0 aliphatic carbocycles. The van der Waals surface area contributed by atoms with Crippen LogP contribution in [0.4, 0.5) is 0 Å². The number of hydrogen-bond donors (Lipinski definition) is 2. The van der Waals surface area contributed by atoms with E-state index in [4.69, 9.17) is 19.8 Å². The van der Waals surface area contributed by atoms with Gasteiger partial charge in [0.15, 0.2) is 11.5 Å². The highest BCUT2D eigenvalue weighted by molar-refractivity contribution is 5.46. The maximum atomic E-state index is 8.99. The van der Waals surface area contributed by atoms with Crippen LogP contribution in [0.3, 0.4) is 0 Å². The summed E-state index contributed by atoms with van der Waals surface area (Å²) in [7, 11) is 0. The van der Waals surface area contributed by atoms with Crippen LogP contribution in [0.5, 0.6) is 11.5 Å². The highest BCUT2D eigenvalue weighted by atomic mass is 16.7. The van der Waals surface area contributed by atoms with E-state index >= 15 is 0 Å². The van der Waals surface area contributed by atoms with Crippen molar-refractivity contribution in [1.29, 1.82) is 5.26 Å². The molecule has 84 valence electrons. The summed E-state index contributed by atoms with van der Waals surface area (Å²) in [5.74, 6) is 1.35. The van der Waals surface area contributed by atoms with Crippen molar-refractivity contribution in [2.45, 2.75) is 6.04 Å². The molecule has 0 saturated carbocycles. The molecule has 5 nitrogen and oxygen atoms in total. The van der Waals surface area contributed by atoms with Crippen molar-refractivity contribution in [2.75, 3.05) is 19.9 Å². The van der Waals surface area contributed by atoms with Gasteiger partial charge in [0.1, 0.15) is 6.04 Å². The molecule has 16 heavy (non-hydrogen) atoms. The quantitative estimate of drug-likeness (QED) is 0.775. The molecule has 0 radical (unpaired) electrons. The summed E-state index contributed by atoms with van der Waals surface area (Å²) in [5.41, 5.74) is 0.806. The highest BCUT2D eigenvalue weighted by Gasteiger charge is 2.17. The second-order valence-corrected chi connectivity index (χ2v) is 3.35. The Kier molecular flexibility index (Phi) is 3.25. The Labute approximate surface area is 93.2 Å². The fourth-order valence-corrected chi connectivity index (χ4v) is 1.54. The summed E-state index contributed by atoms with van der Waals surface area (Å²) in [6, 6.07) is 7.05. The van der Waals surface area contributed by atoms with Gasteiger partial charge in [-0.15, -0.1) is 0 Å². The van der Waals surface area contributed by atoms with Gasteiger partial charge >= 0.3 is 0 Å². The number of ether oxygens (including phenoxy) is 2. The molecule has 0 aromatic heterocycles. The molecule has 0 spiro atoms. The lowest BCUT2D eigenvalue weighted by Gasteiger charge is -2.11. The molecule has 1 atom stereocenters. The second-order valence-electron chi connectivity index (χ2n) is 3.35. The number of nitriles is 1. The Balaban J connectivity index is 2.16. The van der Waals surface area contributed by atoms with Gasteiger partial charge in [-0.3, -0.25) is 5.32 Å². The Morgan fingerprint density at radius 2 is 2.25 bits per heavy atom. The third-order valence-corrected chi connectivity index (χ3v) is 2.32. The number of aliphatic hydroxyl groups excluding tert-OH is 1. The molecule has 2 rings (SSSR count). The summed E-state index contributed by atoms with van der Waals surface area (Å²) < 4.78 is 10.4. The van der Waals surface area contributed by atoms with E-state index in [0.717, 1.165) is 5.56 Å². The summed E-state index contributed by atoms with van der Waals surface area (Å²) in [4.78, 5) is 0. The Hall–Kier alpha value is -1.77. The topological polar surface area (TPSA) is 74.5 Å². The molecule has 5 heteroatoms. The van der Waals surface area contributed by atoms with E-state index < -0.39 is 6.04 Å². The molecule has 2 N–H and O–H groups in total. The summed E-state index contributed by atoms with van der Waals surface area (Å²) in [6.07, 6.45) is 0. The molecular weight excluding hydrogens is 208 g/mol. The maximum Gasteiger partial charge on any atom is 0.231 e. The summed E-state index contributed by atoms with van der Waals surface area (Å²) in [5, 5.41) is 20.6. The van der Waals surface area contributed by atoms with E-state index in [-0.39, 0.29) is 13.4 Å². The zero-order valence-corrected chi connectivity index (χ0v) is 8.64. The van der Waals surface area contributed by atoms with Crippen LogP contribution in [0.1, 0.15) is 11.6 Å². The average molecular weight is 220 g/mol. The molecule has 0 amide bonds. The van der Waals surface area contributed by atoms with Crippen LogP contribution in [-0.2, 0) is 0 Å². The molecule has 1 heterocycles. The number of fused-ring (bicyclic) bond motifs is 1. The zero-order valence-electron chi connectivity index (χ0n) is 8.64. The molecule has 0 bridgehead atoms. The second kappa shape index (κ2) is 4.84. The van der Waals surface area contributed by atoms with Crippen LogP contribution in [-0.4, -0.2) is 25.1 Å². The fraction of sp³-hybridized carbons (Fsp3) is 0.364. The minimum Gasteiger partial charge on any atom is -0.454 e. The van der Waals surface area contributed by atoms with Crippen molar-refractivity contribution in [3.05, 3.63) is 23.8 Å². The first-order chi connectivity index (χ1) is 7.85. The van der Waals surface area contributed by atoms with Gasteiger partial charge in [-0.1, -0.05) is 6.07 Å². The highest BCUT2D eigenvalue weighted by Crippen LogP contribution is 2.33. The summed E-state index contributed by atoms with van der Waals surface area (Å²) >= 11 is 0. The van der Waals surface area contributed by atoms with E-state index in [0.29, 0.717) is 18.0 Å². The molecule has 0 fully saturated rings. The van der Waals surface area contributed by atoms with E-state index in [1.807, 2.05) is 6.07 Å². The molecular formula is C11H12N2O3. The van der Waals surface area contributed by atoms with E-state index in [9.17, 15) is 0 Å². The largest absolute Gasteiger partial charge is 0.454 e. The van der Waals surface area contributed by atoms with Gasteiger partial charge in [0.2, 0.25) is 6.79 Å². The monoisotopic (exact) mass is 220 g/mol. The van der Waals surface area contributed by atoms with E-state index in [2.05, 4.69) is 11.4 Å². The van der Waals surface area contributed by atoms with Crippen LogP contribution in [0, 0.1) is 11.3 Å². The first kappa shape index (κ1) is 10.7. The van der Waals surface area contributed by atoms with Crippen LogP contribution < -0.4 is 14.8 Å². The average Bonchev–Trinajstić information content (AvgIpc) is 2.77. The van der Waals surface area contributed by atoms with Crippen LogP contribution in [0.15, 0.2) is 18.2 Å². The first-order valence-electron chi connectivity index (χ1n) is 4.98. The van der Waals surface area contributed by atoms with Crippen molar-refractivity contribution in [3.8, 4) is 17.6 Å². The number of hydrogen-bond acceptors (Lipinski definition) is 5. The molecule has 1 aliphatic heterocycles. The Morgan fingerprint density at radius 3 is 3.00 bits per heavy atom. The Bertz CT molecular complexity index is 414. The lowest BCUT2D eigenvalue weighted by Crippen LogP contribution is -2.23. The van der Waals surface area contributed by atoms with Crippen LogP contribution in [0.25, 0.3) is 0 Å². The normalized spacial score (nSPS) is 14.5. The zero-order chi connectivity index (χ0) is 11.4. The number of benzene rings is 1. The maximum absolute atomic E-state index is 8.99. The molecule has 1 unspecified atom stereocenters. The van der Waals surface area contributed by atoms with Gasteiger partial charge in [0.25, 0.3) is 0 Å². The number of nitrogens with one attached hydrogen (secondary N) is 1. The van der Waals surface area contributed by atoms with Gasteiger partial charge < -0.3 is 14.6 Å². The minimum atomic E-state index is -0.443. The van der Waals surface area contributed by atoms with Gasteiger partial charge in [-0.25, -0.2) is 0 Å². The van der Waals surface area contributed by atoms with E-state index in [1.54, 1.807) is 12.1 Å². The lowest BCUT2D eigenvalue weighted by molar-refractivity contribution is 0.174. The predicted molar refractivity (Wildman–Crippen MR) is 56.0 cm³/mol. The SMILES string of the molecule is N#CC(NCCO)c1ccc2c(c1)OCO2. The summed E-state index contributed by atoms with van der Waals surface area (Å²) in [6.45, 7) is 0.607. The van der Waals surface area contributed by atoms with Crippen molar-refractivity contribution >= 4 is 0 Å². The van der Waals surface area contributed by atoms with Crippen LogP contribution in [0.2, 0.25) is 0 Å². The van der Waals surface area contributed by atoms with Gasteiger partial charge in [0, 0.05) is 6.54 Å². The number of aliphatic hydroxyl groups is 1. The van der Waals surface area contributed by atoms with Crippen molar-refractivity contribution in [3.63, 3.8) is 0 Å². The van der Waals surface area contributed by atoms with Gasteiger partial charge in [-0.05, 0) is 17.7 Å². The van der Waals surface area contributed by atoms with Gasteiger partial charge in [0.05, 0.1) is 12.7 Å². The lowest BCUT2D eigenvalue weighted by atomic mass is 10.1. The smallest absolute Gasteiger partial charge is 0.231 e. The molecule has 1 aromatic rings. The fourth-order valence-electron chi connectivity index (χ4n) is 1.54. The number of rotatable bonds is 4. The molecule has 1 aliphatic rings. The molecule has 1 aromatic carbocycles. The van der Waals surface area contributed by atoms with Crippen molar-refractivity contribution < 1.29 is 14.6 Å².